The number of nitrogens with zero attached hydrogens (tertiary/aromatic N) is 5. The van der Waals surface area contributed by atoms with E-state index in [2.05, 4.69) is 45.2 Å². The maximum absolute atomic E-state index is 13.8. The molecule has 5 aromatic rings. The second-order valence-corrected chi connectivity index (χ2v) is 11.0. The molecule has 0 bridgehead atoms. The standard InChI is InChI=1S/C30H30FN7O2/c1-36(2)12-13-37-17-30(9-14-40-18-30)22-4-6-25(35-28(22)37)34-23-5-3-20(21-7-10-32-29(39)27(21)23)24-16-33-26-15-19(31)8-11-38(24)26/h3-8,10-11,15-16H,9,12-14,17-18H2,1-2H3,(H,32,39)(H,34,35). The summed E-state index contributed by atoms with van der Waals surface area (Å²) in [5.74, 6) is 1.30. The Morgan fingerprint density at radius 2 is 2.10 bits per heavy atom. The summed E-state index contributed by atoms with van der Waals surface area (Å²) in [5.41, 5.74) is 3.76. The quantitative estimate of drug-likeness (QED) is 0.335. The summed E-state index contributed by atoms with van der Waals surface area (Å²) >= 11 is 0. The van der Waals surface area contributed by atoms with Crippen LogP contribution in [0.1, 0.15) is 12.0 Å². The minimum absolute atomic E-state index is 0.0183. The first kappa shape index (κ1) is 24.7. The molecule has 0 amide bonds. The van der Waals surface area contributed by atoms with Crippen LogP contribution in [0.4, 0.5) is 21.7 Å². The highest BCUT2D eigenvalue weighted by molar-refractivity contribution is 6.03. The van der Waals surface area contributed by atoms with Gasteiger partial charge in [0, 0.05) is 66.6 Å². The zero-order chi connectivity index (χ0) is 27.4. The Labute approximate surface area is 230 Å². The number of pyridine rings is 3. The van der Waals surface area contributed by atoms with Crippen molar-refractivity contribution in [3.05, 3.63) is 82.8 Å². The Hall–Kier alpha value is -4.28. The summed E-state index contributed by atoms with van der Waals surface area (Å²) in [6, 6.07) is 12.7. The molecule has 10 heteroatoms. The van der Waals surface area contributed by atoms with Crippen molar-refractivity contribution in [1.82, 2.24) is 24.3 Å². The van der Waals surface area contributed by atoms with E-state index in [0.29, 0.717) is 29.1 Å². The van der Waals surface area contributed by atoms with Gasteiger partial charge in [0.25, 0.3) is 5.56 Å². The Morgan fingerprint density at radius 3 is 2.92 bits per heavy atom. The lowest BCUT2D eigenvalue weighted by molar-refractivity contribution is 0.180. The number of imidazole rings is 1. The number of hydrogen-bond acceptors (Lipinski definition) is 7. The molecule has 1 atom stereocenters. The van der Waals surface area contributed by atoms with Gasteiger partial charge in [-0.15, -0.1) is 0 Å². The number of fused-ring (bicyclic) bond motifs is 4. The second-order valence-electron chi connectivity index (χ2n) is 11.0. The largest absolute Gasteiger partial charge is 0.380 e. The van der Waals surface area contributed by atoms with Gasteiger partial charge in [-0.05, 0) is 44.8 Å². The molecule has 1 spiro atoms. The van der Waals surface area contributed by atoms with Crippen molar-refractivity contribution in [1.29, 1.82) is 0 Å². The van der Waals surface area contributed by atoms with Crippen LogP contribution in [0.5, 0.6) is 0 Å². The van der Waals surface area contributed by atoms with E-state index in [9.17, 15) is 9.18 Å². The molecule has 2 aliphatic rings. The average molecular weight is 540 g/mol. The number of rotatable bonds is 6. The summed E-state index contributed by atoms with van der Waals surface area (Å²) in [4.78, 5) is 29.9. The first-order valence-electron chi connectivity index (χ1n) is 13.5. The Morgan fingerprint density at radius 1 is 1.20 bits per heavy atom. The fourth-order valence-electron chi connectivity index (χ4n) is 6.08. The van der Waals surface area contributed by atoms with Crippen LogP contribution in [0.25, 0.3) is 27.7 Å². The molecule has 6 heterocycles. The molecule has 1 saturated heterocycles. The topological polar surface area (TPSA) is 90.8 Å². The number of likely N-dealkylation sites (N-methyl/N-ethyl adjacent to an activating group) is 1. The molecule has 0 saturated carbocycles. The van der Waals surface area contributed by atoms with E-state index in [0.717, 1.165) is 55.1 Å². The van der Waals surface area contributed by atoms with Gasteiger partial charge in [0.1, 0.15) is 23.1 Å². The van der Waals surface area contributed by atoms with Crippen molar-refractivity contribution in [3.8, 4) is 11.3 Å². The number of anilines is 3. The molecule has 2 aliphatic heterocycles. The number of benzene rings is 1. The van der Waals surface area contributed by atoms with Crippen LogP contribution in [0.3, 0.4) is 0 Å². The Balaban J connectivity index is 1.29. The van der Waals surface area contributed by atoms with Crippen LogP contribution in [0.2, 0.25) is 0 Å². The fourth-order valence-corrected chi connectivity index (χ4v) is 6.08. The number of hydrogen-bond donors (Lipinski definition) is 2. The predicted molar refractivity (Wildman–Crippen MR) is 154 cm³/mol. The summed E-state index contributed by atoms with van der Waals surface area (Å²) in [6.45, 7) is 4.17. The van der Waals surface area contributed by atoms with E-state index < -0.39 is 0 Å². The van der Waals surface area contributed by atoms with Crippen molar-refractivity contribution < 1.29 is 9.13 Å². The lowest BCUT2D eigenvalue weighted by atomic mass is 9.82. The van der Waals surface area contributed by atoms with Gasteiger partial charge in [0.05, 0.1) is 29.6 Å². The van der Waals surface area contributed by atoms with E-state index in [1.54, 1.807) is 18.6 Å². The van der Waals surface area contributed by atoms with E-state index >= 15 is 0 Å². The lowest BCUT2D eigenvalue weighted by Gasteiger charge is -2.24. The van der Waals surface area contributed by atoms with Crippen molar-refractivity contribution in [2.45, 2.75) is 11.8 Å². The second kappa shape index (κ2) is 9.42. The number of nitrogens with one attached hydrogen (secondary N) is 2. The zero-order valence-corrected chi connectivity index (χ0v) is 22.4. The molecule has 204 valence electrons. The summed E-state index contributed by atoms with van der Waals surface area (Å²) in [6.07, 6.45) is 5.98. The minimum atomic E-state index is -0.348. The predicted octanol–water partition coefficient (Wildman–Crippen LogP) is 4.16. The lowest BCUT2D eigenvalue weighted by Crippen LogP contribution is -2.37. The SMILES string of the molecule is CN(C)CCN1CC2(CCOC2)c2ccc(Nc3ccc(-c4cnc5cc(F)ccn45)c4cc[nH]c(=O)c34)nc21. The molecular formula is C30H30FN7O2. The number of aromatic nitrogens is 4. The third kappa shape index (κ3) is 4.02. The molecule has 1 unspecified atom stereocenters. The highest BCUT2D eigenvalue weighted by atomic mass is 19.1. The normalized spacial score (nSPS) is 18.4. The van der Waals surface area contributed by atoms with Crippen LogP contribution in [0.15, 0.2) is 65.8 Å². The van der Waals surface area contributed by atoms with E-state index in [1.807, 2.05) is 28.7 Å². The van der Waals surface area contributed by atoms with Crippen molar-refractivity contribution in [2.75, 3.05) is 57.2 Å². The van der Waals surface area contributed by atoms with Gasteiger partial charge in [-0.25, -0.2) is 14.4 Å². The average Bonchev–Trinajstić information content (AvgIpc) is 3.66. The molecule has 40 heavy (non-hydrogen) atoms. The van der Waals surface area contributed by atoms with E-state index in [1.165, 1.54) is 17.7 Å². The van der Waals surface area contributed by atoms with Crippen LogP contribution >= 0.6 is 0 Å². The Bertz CT molecular complexity index is 1810. The smallest absolute Gasteiger partial charge is 0.257 e. The highest BCUT2D eigenvalue weighted by Crippen LogP contribution is 2.45. The number of ether oxygens (including phenoxy) is 1. The third-order valence-electron chi connectivity index (χ3n) is 8.11. The maximum atomic E-state index is 13.8. The van der Waals surface area contributed by atoms with Gasteiger partial charge < -0.3 is 24.8 Å². The monoisotopic (exact) mass is 539 g/mol. The van der Waals surface area contributed by atoms with Gasteiger partial charge in [0.15, 0.2) is 0 Å². The van der Waals surface area contributed by atoms with Gasteiger partial charge in [0.2, 0.25) is 0 Å². The van der Waals surface area contributed by atoms with Crippen LogP contribution in [-0.4, -0.2) is 71.2 Å². The van der Waals surface area contributed by atoms with E-state index in [4.69, 9.17) is 9.72 Å². The van der Waals surface area contributed by atoms with Crippen molar-refractivity contribution in [2.24, 2.45) is 0 Å². The number of H-pyrrole nitrogens is 1. The summed E-state index contributed by atoms with van der Waals surface area (Å²) in [7, 11) is 4.16. The summed E-state index contributed by atoms with van der Waals surface area (Å²) < 4.78 is 21.4. The maximum Gasteiger partial charge on any atom is 0.257 e. The molecular weight excluding hydrogens is 509 g/mol. The number of aromatic amines is 1. The minimum Gasteiger partial charge on any atom is -0.380 e. The first-order chi connectivity index (χ1) is 19.4. The third-order valence-corrected chi connectivity index (χ3v) is 8.11. The Kier molecular flexibility index (Phi) is 5.83. The molecule has 1 aromatic carbocycles. The molecule has 4 aromatic heterocycles. The van der Waals surface area contributed by atoms with E-state index in [-0.39, 0.29) is 16.8 Å². The molecule has 1 fully saturated rings. The molecule has 0 aliphatic carbocycles. The molecule has 0 radical (unpaired) electrons. The molecule has 9 nitrogen and oxygen atoms in total. The van der Waals surface area contributed by atoms with Crippen LogP contribution < -0.4 is 15.8 Å². The van der Waals surface area contributed by atoms with Crippen molar-refractivity contribution in [3.63, 3.8) is 0 Å². The fraction of sp³-hybridized carbons (Fsp3) is 0.300. The summed E-state index contributed by atoms with van der Waals surface area (Å²) in [5, 5.41) is 4.71. The highest BCUT2D eigenvalue weighted by Gasteiger charge is 2.46. The van der Waals surface area contributed by atoms with Gasteiger partial charge in [-0.3, -0.25) is 9.20 Å². The first-order valence-corrected chi connectivity index (χ1v) is 13.5. The van der Waals surface area contributed by atoms with Crippen LogP contribution in [0, 0.1) is 5.82 Å². The molecule has 7 rings (SSSR count). The zero-order valence-electron chi connectivity index (χ0n) is 22.4. The van der Waals surface area contributed by atoms with Crippen molar-refractivity contribution >= 4 is 33.7 Å². The van der Waals surface area contributed by atoms with Crippen LogP contribution in [-0.2, 0) is 10.2 Å². The molecule has 2 N–H and O–H groups in total. The number of halogens is 1. The van der Waals surface area contributed by atoms with Gasteiger partial charge in [-0.1, -0.05) is 12.1 Å². The van der Waals surface area contributed by atoms with Gasteiger partial charge in [-0.2, -0.15) is 0 Å². The van der Waals surface area contributed by atoms with Gasteiger partial charge >= 0.3 is 0 Å².